The smallest absolute Gasteiger partial charge is 0.273 e. The molecule has 1 aliphatic heterocycles. The highest BCUT2D eigenvalue weighted by molar-refractivity contribution is 5.97. The summed E-state index contributed by atoms with van der Waals surface area (Å²) in [6, 6.07) is 4.88. The molecule has 2 rings (SSSR count). The number of nitrogens with one attached hydrogen (secondary N) is 1. The summed E-state index contributed by atoms with van der Waals surface area (Å²) in [4.78, 5) is 25.3. The molecule has 1 N–H and O–H groups in total. The first kappa shape index (κ1) is 15.4. The average Bonchev–Trinajstić information content (AvgIpc) is 2.91. The van der Waals surface area contributed by atoms with Gasteiger partial charge in [0, 0.05) is 35.8 Å². The van der Waals surface area contributed by atoms with Gasteiger partial charge in [0.2, 0.25) is 0 Å². The maximum atomic E-state index is 12.8. The summed E-state index contributed by atoms with van der Waals surface area (Å²) in [6.45, 7) is 7.26. The predicted molar refractivity (Wildman–Crippen MR) is 80.4 cm³/mol. The summed E-state index contributed by atoms with van der Waals surface area (Å²) < 4.78 is 0. The van der Waals surface area contributed by atoms with Crippen LogP contribution in [0.3, 0.4) is 0 Å². The van der Waals surface area contributed by atoms with Gasteiger partial charge in [-0.15, -0.1) is 0 Å². The van der Waals surface area contributed by atoms with Crippen LogP contribution in [-0.4, -0.2) is 40.9 Å². The fourth-order valence-electron chi connectivity index (χ4n) is 2.89. The Morgan fingerprint density at radius 1 is 1.48 bits per heavy atom. The summed E-state index contributed by atoms with van der Waals surface area (Å²) >= 11 is 0. The van der Waals surface area contributed by atoms with Crippen LogP contribution in [0.2, 0.25) is 0 Å². The van der Waals surface area contributed by atoms with Crippen LogP contribution in [-0.2, 0) is 0 Å². The first-order valence-electron chi connectivity index (χ1n) is 7.21. The highest BCUT2D eigenvalue weighted by atomic mass is 16.6. The third-order valence-corrected chi connectivity index (χ3v) is 3.95. The summed E-state index contributed by atoms with van der Waals surface area (Å²) in [5.41, 5.74) is 0.850. The van der Waals surface area contributed by atoms with E-state index in [0.29, 0.717) is 11.1 Å². The van der Waals surface area contributed by atoms with E-state index in [0.717, 1.165) is 19.5 Å². The summed E-state index contributed by atoms with van der Waals surface area (Å²) in [5, 5.41) is 14.3. The topological polar surface area (TPSA) is 75.5 Å². The van der Waals surface area contributed by atoms with E-state index >= 15 is 0 Å². The van der Waals surface area contributed by atoms with Gasteiger partial charge < -0.3 is 10.2 Å². The zero-order valence-corrected chi connectivity index (χ0v) is 12.6. The second-order valence-electron chi connectivity index (χ2n) is 5.66. The Labute approximate surface area is 124 Å². The van der Waals surface area contributed by atoms with E-state index in [9.17, 15) is 14.9 Å². The highest BCUT2D eigenvalue weighted by Gasteiger charge is 2.31. The van der Waals surface area contributed by atoms with E-state index in [4.69, 9.17) is 0 Å². The van der Waals surface area contributed by atoms with Gasteiger partial charge in [-0.2, -0.15) is 0 Å². The standard InChI is InChI=1S/C15H21N3O3/c1-10(2)17(12-7-8-16-9-12)15(19)13-5-4-6-14(11(13)3)18(20)21/h4-6,10,12,16H,7-9H2,1-3H3. The molecule has 1 aliphatic rings. The molecule has 1 aromatic rings. The SMILES string of the molecule is Cc1c(C(=O)N(C(C)C)C2CCNC2)cccc1[N+](=O)[O-]. The largest absolute Gasteiger partial charge is 0.332 e. The molecule has 1 amide bonds. The Morgan fingerprint density at radius 2 is 2.19 bits per heavy atom. The minimum absolute atomic E-state index is 0.00546. The molecule has 1 atom stereocenters. The van der Waals surface area contributed by atoms with Crippen molar-refractivity contribution in [1.29, 1.82) is 0 Å². The van der Waals surface area contributed by atoms with Crippen LogP contribution in [0.15, 0.2) is 18.2 Å². The Morgan fingerprint density at radius 3 is 2.71 bits per heavy atom. The van der Waals surface area contributed by atoms with Crippen LogP contribution in [0.25, 0.3) is 0 Å². The van der Waals surface area contributed by atoms with Crippen LogP contribution in [0.5, 0.6) is 0 Å². The van der Waals surface area contributed by atoms with Gasteiger partial charge in [0.05, 0.1) is 4.92 Å². The van der Waals surface area contributed by atoms with Gasteiger partial charge >= 0.3 is 0 Å². The zero-order chi connectivity index (χ0) is 15.6. The van der Waals surface area contributed by atoms with Crippen molar-refractivity contribution in [2.24, 2.45) is 0 Å². The van der Waals surface area contributed by atoms with Crippen LogP contribution in [0.4, 0.5) is 5.69 Å². The van der Waals surface area contributed by atoms with Crippen molar-refractivity contribution in [1.82, 2.24) is 10.2 Å². The molecular formula is C15H21N3O3. The Hall–Kier alpha value is -1.95. The quantitative estimate of drug-likeness (QED) is 0.681. The van der Waals surface area contributed by atoms with Crippen LogP contribution < -0.4 is 5.32 Å². The van der Waals surface area contributed by atoms with E-state index in [1.807, 2.05) is 18.7 Å². The number of nitro groups is 1. The molecule has 6 heteroatoms. The lowest BCUT2D eigenvalue weighted by atomic mass is 10.0. The molecule has 0 aromatic heterocycles. The Kier molecular flexibility index (Phi) is 4.57. The van der Waals surface area contributed by atoms with E-state index in [2.05, 4.69) is 5.32 Å². The molecule has 0 spiro atoms. The van der Waals surface area contributed by atoms with Crippen LogP contribution in [0.1, 0.15) is 36.2 Å². The molecule has 21 heavy (non-hydrogen) atoms. The van der Waals surface area contributed by atoms with E-state index in [-0.39, 0.29) is 23.7 Å². The number of hydrogen-bond donors (Lipinski definition) is 1. The highest BCUT2D eigenvalue weighted by Crippen LogP contribution is 2.24. The molecule has 0 radical (unpaired) electrons. The lowest BCUT2D eigenvalue weighted by Gasteiger charge is -2.32. The van der Waals surface area contributed by atoms with Crippen molar-refractivity contribution in [2.45, 2.75) is 39.3 Å². The summed E-state index contributed by atoms with van der Waals surface area (Å²) in [5.74, 6) is -0.125. The number of nitro benzene ring substituents is 1. The molecule has 0 bridgehead atoms. The maximum Gasteiger partial charge on any atom is 0.273 e. The van der Waals surface area contributed by atoms with Gasteiger partial charge in [0.1, 0.15) is 0 Å². The minimum Gasteiger partial charge on any atom is -0.332 e. The van der Waals surface area contributed by atoms with E-state index in [1.165, 1.54) is 6.07 Å². The normalized spacial score (nSPS) is 18.0. The number of nitrogens with zero attached hydrogens (tertiary/aromatic N) is 2. The molecule has 0 saturated carbocycles. The molecule has 1 heterocycles. The molecule has 6 nitrogen and oxygen atoms in total. The second-order valence-corrected chi connectivity index (χ2v) is 5.66. The maximum absolute atomic E-state index is 12.8. The van der Waals surface area contributed by atoms with Crippen molar-refractivity contribution < 1.29 is 9.72 Å². The third kappa shape index (κ3) is 3.05. The summed E-state index contributed by atoms with van der Waals surface area (Å²) in [6.07, 6.45) is 0.915. The molecular weight excluding hydrogens is 270 g/mol. The monoisotopic (exact) mass is 291 g/mol. The molecule has 114 valence electrons. The molecule has 1 aromatic carbocycles. The number of benzene rings is 1. The Bertz CT molecular complexity index is 551. The van der Waals surface area contributed by atoms with Crippen molar-refractivity contribution in [3.8, 4) is 0 Å². The second kappa shape index (κ2) is 6.22. The molecule has 1 fully saturated rings. The minimum atomic E-state index is -0.442. The predicted octanol–water partition coefficient (Wildman–Crippen LogP) is 2.12. The van der Waals surface area contributed by atoms with Gasteiger partial charge in [-0.3, -0.25) is 14.9 Å². The number of hydrogen-bond acceptors (Lipinski definition) is 4. The van der Waals surface area contributed by atoms with Gasteiger partial charge in [-0.1, -0.05) is 6.07 Å². The van der Waals surface area contributed by atoms with Crippen molar-refractivity contribution in [3.05, 3.63) is 39.4 Å². The van der Waals surface area contributed by atoms with Crippen molar-refractivity contribution in [3.63, 3.8) is 0 Å². The van der Waals surface area contributed by atoms with E-state index in [1.54, 1.807) is 19.1 Å². The molecule has 0 aliphatic carbocycles. The van der Waals surface area contributed by atoms with Crippen LogP contribution >= 0.6 is 0 Å². The first-order valence-corrected chi connectivity index (χ1v) is 7.21. The number of carbonyl (C=O) groups is 1. The molecule has 1 unspecified atom stereocenters. The number of amides is 1. The lowest BCUT2D eigenvalue weighted by Crippen LogP contribution is -2.46. The van der Waals surface area contributed by atoms with Crippen LogP contribution in [0, 0.1) is 17.0 Å². The van der Waals surface area contributed by atoms with Crippen molar-refractivity contribution in [2.75, 3.05) is 13.1 Å². The van der Waals surface area contributed by atoms with Gasteiger partial charge in [0.25, 0.3) is 11.6 Å². The third-order valence-electron chi connectivity index (χ3n) is 3.95. The number of rotatable bonds is 4. The van der Waals surface area contributed by atoms with Gasteiger partial charge in [0.15, 0.2) is 0 Å². The van der Waals surface area contributed by atoms with E-state index < -0.39 is 4.92 Å². The van der Waals surface area contributed by atoms with Gasteiger partial charge in [-0.05, 0) is 39.8 Å². The number of carbonyl (C=O) groups excluding carboxylic acids is 1. The molecule has 1 saturated heterocycles. The average molecular weight is 291 g/mol. The lowest BCUT2D eigenvalue weighted by molar-refractivity contribution is -0.385. The van der Waals surface area contributed by atoms with Gasteiger partial charge in [-0.25, -0.2) is 0 Å². The summed E-state index contributed by atoms with van der Waals surface area (Å²) in [7, 11) is 0. The fraction of sp³-hybridized carbons (Fsp3) is 0.533. The first-order chi connectivity index (χ1) is 9.93. The fourth-order valence-corrected chi connectivity index (χ4v) is 2.89. The van der Waals surface area contributed by atoms with Crippen molar-refractivity contribution >= 4 is 11.6 Å². The zero-order valence-electron chi connectivity index (χ0n) is 12.6. The Balaban J connectivity index is 2.37.